The van der Waals surface area contributed by atoms with Crippen molar-refractivity contribution in [3.63, 3.8) is 0 Å². The lowest BCUT2D eigenvalue weighted by Gasteiger charge is -2.05. The van der Waals surface area contributed by atoms with Crippen molar-refractivity contribution in [1.82, 2.24) is 19.7 Å². The second kappa shape index (κ2) is 5.73. The lowest BCUT2D eigenvalue weighted by atomic mass is 10.1. The molecule has 0 N–H and O–H groups in total. The molecular formula is C14H18N4O. The van der Waals surface area contributed by atoms with Crippen LogP contribution in [0.3, 0.4) is 0 Å². The molecule has 2 aromatic heterocycles. The van der Waals surface area contributed by atoms with Gasteiger partial charge in [-0.3, -0.25) is 9.78 Å². The van der Waals surface area contributed by atoms with Gasteiger partial charge in [-0.05, 0) is 32.4 Å². The number of pyridine rings is 1. The van der Waals surface area contributed by atoms with E-state index < -0.39 is 0 Å². The van der Waals surface area contributed by atoms with Crippen LogP contribution in [0.4, 0.5) is 0 Å². The maximum Gasteiger partial charge on any atom is 0.170 e. The normalized spacial score (nSPS) is 10.7. The minimum Gasteiger partial charge on any atom is -0.294 e. The van der Waals surface area contributed by atoms with Gasteiger partial charge in [0, 0.05) is 23.5 Å². The van der Waals surface area contributed by atoms with Crippen molar-refractivity contribution in [2.75, 3.05) is 0 Å². The molecule has 0 atom stereocenters. The lowest BCUT2D eigenvalue weighted by Crippen LogP contribution is -2.12. The number of rotatable bonds is 5. The molecule has 2 rings (SSSR count). The van der Waals surface area contributed by atoms with E-state index in [9.17, 15) is 4.79 Å². The van der Waals surface area contributed by atoms with Crippen molar-refractivity contribution in [1.29, 1.82) is 0 Å². The topological polar surface area (TPSA) is 60.7 Å². The molecule has 2 heterocycles. The van der Waals surface area contributed by atoms with Gasteiger partial charge in [0.1, 0.15) is 12.2 Å². The van der Waals surface area contributed by atoms with Gasteiger partial charge in [-0.15, -0.1) is 0 Å². The number of aromatic nitrogens is 4. The number of Topliss-reactive ketones (excluding diaryl/α,β-unsaturated/α-hetero) is 1. The third-order valence-electron chi connectivity index (χ3n) is 2.85. The van der Waals surface area contributed by atoms with Gasteiger partial charge in [-0.1, -0.05) is 6.92 Å². The van der Waals surface area contributed by atoms with E-state index in [1.165, 1.54) is 6.33 Å². The molecule has 0 radical (unpaired) electrons. The van der Waals surface area contributed by atoms with Crippen molar-refractivity contribution in [3.8, 4) is 0 Å². The van der Waals surface area contributed by atoms with Crippen molar-refractivity contribution in [2.45, 2.75) is 40.2 Å². The number of aryl methyl sites for hydroxylation is 3. The number of carbonyl (C=O) groups excluding carboxylic acids is 1. The second-order valence-electron chi connectivity index (χ2n) is 4.64. The van der Waals surface area contributed by atoms with Gasteiger partial charge in [0.2, 0.25) is 0 Å². The van der Waals surface area contributed by atoms with Crippen LogP contribution in [0.2, 0.25) is 0 Å². The molecule has 0 bridgehead atoms. The predicted molar refractivity (Wildman–Crippen MR) is 72.1 cm³/mol. The summed E-state index contributed by atoms with van der Waals surface area (Å²) in [6.07, 6.45) is 2.75. The zero-order valence-electron chi connectivity index (χ0n) is 11.6. The molecule has 19 heavy (non-hydrogen) atoms. The number of carbonyl (C=O) groups is 1. The number of hydrogen-bond acceptors (Lipinski definition) is 4. The van der Waals surface area contributed by atoms with Crippen LogP contribution < -0.4 is 0 Å². The van der Waals surface area contributed by atoms with E-state index in [2.05, 4.69) is 22.0 Å². The fraction of sp³-hybridized carbons (Fsp3) is 0.429. The maximum atomic E-state index is 12.3. The highest BCUT2D eigenvalue weighted by molar-refractivity contribution is 5.97. The number of hydrogen-bond donors (Lipinski definition) is 0. The molecule has 0 aromatic carbocycles. The molecule has 5 heteroatoms. The Hall–Kier alpha value is -2.04. The monoisotopic (exact) mass is 258 g/mol. The van der Waals surface area contributed by atoms with Crippen LogP contribution in [0, 0.1) is 13.8 Å². The molecule has 0 unspecified atom stereocenters. The summed E-state index contributed by atoms with van der Waals surface area (Å²) in [6.45, 7) is 6.65. The van der Waals surface area contributed by atoms with Gasteiger partial charge in [0.05, 0.1) is 6.42 Å². The molecular weight excluding hydrogens is 240 g/mol. The standard InChI is InChI=1S/C14H18N4O/c1-4-5-18-14(15-9-16-18)8-13(19)12-6-10(2)17-11(3)7-12/h6-7,9H,4-5,8H2,1-3H3. The summed E-state index contributed by atoms with van der Waals surface area (Å²) in [6, 6.07) is 3.63. The van der Waals surface area contributed by atoms with Crippen LogP contribution in [0.15, 0.2) is 18.5 Å². The van der Waals surface area contributed by atoms with E-state index in [1.54, 1.807) is 4.68 Å². The van der Waals surface area contributed by atoms with Crippen molar-refractivity contribution >= 4 is 5.78 Å². The van der Waals surface area contributed by atoms with Crippen LogP contribution in [-0.2, 0) is 13.0 Å². The van der Waals surface area contributed by atoms with Gasteiger partial charge in [0.25, 0.3) is 0 Å². The first-order valence-corrected chi connectivity index (χ1v) is 6.45. The van der Waals surface area contributed by atoms with E-state index in [-0.39, 0.29) is 12.2 Å². The van der Waals surface area contributed by atoms with Gasteiger partial charge in [-0.25, -0.2) is 9.67 Å². The summed E-state index contributed by atoms with van der Waals surface area (Å²) in [4.78, 5) is 20.7. The summed E-state index contributed by atoms with van der Waals surface area (Å²) < 4.78 is 1.79. The Morgan fingerprint density at radius 1 is 1.26 bits per heavy atom. The fourth-order valence-electron chi connectivity index (χ4n) is 2.06. The van der Waals surface area contributed by atoms with E-state index >= 15 is 0 Å². The first-order chi connectivity index (χ1) is 9.10. The molecule has 0 saturated heterocycles. The van der Waals surface area contributed by atoms with Crippen molar-refractivity contribution in [2.24, 2.45) is 0 Å². The number of ketones is 1. The second-order valence-corrected chi connectivity index (χ2v) is 4.64. The highest BCUT2D eigenvalue weighted by Crippen LogP contribution is 2.09. The smallest absolute Gasteiger partial charge is 0.170 e. The Morgan fingerprint density at radius 3 is 2.58 bits per heavy atom. The van der Waals surface area contributed by atoms with Crippen LogP contribution in [0.1, 0.15) is 40.9 Å². The molecule has 5 nitrogen and oxygen atoms in total. The van der Waals surface area contributed by atoms with Gasteiger partial charge < -0.3 is 0 Å². The van der Waals surface area contributed by atoms with Crippen LogP contribution in [0.5, 0.6) is 0 Å². The first kappa shape index (κ1) is 13.4. The van der Waals surface area contributed by atoms with Crippen LogP contribution in [0.25, 0.3) is 0 Å². The minimum absolute atomic E-state index is 0.0546. The molecule has 0 spiro atoms. The molecule has 2 aromatic rings. The Balaban J connectivity index is 2.18. The Bertz CT molecular complexity index is 569. The van der Waals surface area contributed by atoms with E-state index in [0.29, 0.717) is 5.56 Å². The van der Waals surface area contributed by atoms with Crippen molar-refractivity contribution < 1.29 is 4.79 Å². The molecule has 0 aliphatic rings. The molecule has 0 fully saturated rings. The molecule has 0 saturated carbocycles. The summed E-state index contributed by atoms with van der Waals surface area (Å²) in [5, 5.41) is 4.13. The minimum atomic E-state index is 0.0546. The Kier molecular flexibility index (Phi) is 4.04. The van der Waals surface area contributed by atoms with Crippen molar-refractivity contribution in [3.05, 3.63) is 41.2 Å². The predicted octanol–water partition coefficient (Wildman–Crippen LogP) is 2.13. The molecule has 100 valence electrons. The maximum absolute atomic E-state index is 12.3. The molecule has 0 aliphatic carbocycles. The molecule has 0 aliphatic heterocycles. The van der Waals surface area contributed by atoms with Crippen LogP contribution >= 0.6 is 0 Å². The summed E-state index contributed by atoms with van der Waals surface area (Å²) >= 11 is 0. The Morgan fingerprint density at radius 2 is 1.95 bits per heavy atom. The highest BCUT2D eigenvalue weighted by Gasteiger charge is 2.13. The summed E-state index contributed by atoms with van der Waals surface area (Å²) in [7, 11) is 0. The SMILES string of the molecule is CCCn1ncnc1CC(=O)c1cc(C)nc(C)c1. The third kappa shape index (κ3) is 3.24. The summed E-state index contributed by atoms with van der Waals surface area (Å²) in [5.41, 5.74) is 2.41. The fourth-order valence-corrected chi connectivity index (χ4v) is 2.06. The molecule has 0 amide bonds. The zero-order valence-corrected chi connectivity index (χ0v) is 11.6. The lowest BCUT2D eigenvalue weighted by molar-refractivity contribution is 0.0989. The average molecular weight is 258 g/mol. The van der Waals surface area contributed by atoms with E-state index in [1.807, 2.05) is 26.0 Å². The third-order valence-corrected chi connectivity index (χ3v) is 2.85. The highest BCUT2D eigenvalue weighted by atomic mass is 16.1. The summed E-state index contributed by atoms with van der Waals surface area (Å²) in [5.74, 6) is 0.776. The average Bonchev–Trinajstić information content (AvgIpc) is 2.76. The largest absolute Gasteiger partial charge is 0.294 e. The van der Waals surface area contributed by atoms with Crippen LogP contribution in [-0.4, -0.2) is 25.5 Å². The number of nitrogens with zero attached hydrogens (tertiary/aromatic N) is 4. The van der Waals surface area contributed by atoms with E-state index in [0.717, 1.165) is 30.2 Å². The van der Waals surface area contributed by atoms with Gasteiger partial charge in [-0.2, -0.15) is 5.10 Å². The van der Waals surface area contributed by atoms with E-state index in [4.69, 9.17) is 0 Å². The first-order valence-electron chi connectivity index (χ1n) is 6.45. The Labute approximate surface area is 112 Å². The van der Waals surface area contributed by atoms with Gasteiger partial charge in [0.15, 0.2) is 5.78 Å². The quantitative estimate of drug-likeness (QED) is 0.771. The van der Waals surface area contributed by atoms with Gasteiger partial charge >= 0.3 is 0 Å². The zero-order chi connectivity index (χ0) is 13.8.